The quantitative estimate of drug-likeness (QED) is 0.742. The number of esters is 1. The van der Waals surface area contributed by atoms with Crippen LogP contribution in [0.5, 0.6) is 5.75 Å². The van der Waals surface area contributed by atoms with Gasteiger partial charge in [0.15, 0.2) is 0 Å². The second kappa shape index (κ2) is 8.65. The number of nitrogens with one attached hydrogen (secondary N) is 2. The number of nitrogens with zero attached hydrogens (tertiary/aromatic N) is 1. The number of amides is 1. The Bertz CT molecular complexity index is 861. The van der Waals surface area contributed by atoms with Crippen LogP contribution in [0.15, 0.2) is 18.2 Å². The number of fused-ring (bicyclic) bond motifs is 1. The molecule has 1 aliphatic rings. The van der Waals surface area contributed by atoms with Crippen molar-refractivity contribution in [2.45, 2.75) is 39.7 Å². The molecule has 152 valence electrons. The summed E-state index contributed by atoms with van der Waals surface area (Å²) >= 11 is 0. The van der Waals surface area contributed by atoms with Gasteiger partial charge in [0.2, 0.25) is 5.91 Å². The van der Waals surface area contributed by atoms with Crippen molar-refractivity contribution in [3.05, 3.63) is 23.9 Å². The van der Waals surface area contributed by atoms with E-state index in [-0.39, 0.29) is 24.2 Å². The van der Waals surface area contributed by atoms with Crippen molar-refractivity contribution in [3.8, 4) is 5.75 Å². The van der Waals surface area contributed by atoms with Crippen molar-refractivity contribution < 1.29 is 19.1 Å². The fraction of sp³-hybridized carbons (Fsp3) is 0.524. The molecule has 1 fully saturated rings. The lowest BCUT2D eigenvalue weighted by molar-refractivity contribution is -0.121. The Labute approximate surface area is 165 Å². The van der Waals surface area contributed by atoms with E-state index in [0.29, 0.717) is 17.4 Å². The third kappa shape index (κ3) is 4.14. The Hall–Kier alpha value is -2.54. The number of aromatic nitrogens is 1. The van der Waals surface area contributed by atoms with Gasteiger partial charge in [-0.2, -0.15) is 0 Å². The molecular formula is C21H29N3O4. The van der Waals surface area contributed by atoms with Crippen molar-refractivity contribution >= 4 is 28.5 Å². The van der Waals surface area contributed by atoms with Gasteiger partial charge in [-0.25, -0.2) is 4.79 Å². The molecule has 7 heteroatoms. The summed E-state index contributed by atoms with van der Waals surface area (Å²) in [4.78, 5) is 30.7. The maximum Gasteiger partial charge on any atom is 0.356 e. The van der Waals surface area contributed by atoms with Gasteiger partial charge in [-0.3, -0.25) is 9.69 Å². The molecule has 28 heavy (non-hydrogen) atoms. The highest BCUT2D eigenvalue weighted by molar-refractivity contribution is 6.12. The highest BCUT2D eigenvalue weighted by Gasteiger charge is 2.28. The Balaban J connectivity index is 1.91. The van der Waals surface area contributed by atoms with E-state index in [9.17, 15) is 9.59 Å². The van der Waals surface area contributed by atoms with Gasteiger partial charge >= 0.3 is 5.97 Å². The number of aromatic amines is 1. The van der Waals surface area contributed by atoms with E-state index in [1.807, 2.05) is 13.0 Å². The number of methoxy groups -OCH3 is 1. The molecule has 2 atom stereocenters. The number of likely N-dealkylation sites (tertiary alicyclic amines) is 1. The van der Waals surface area contributed by atoms with Crippen LogP contribution in [0.3, 0.4) is 0 Å². The molecule has 0 bridgehead atoms. The van der Waals surface area contributed by atoms with Gasteiger partial charge in [0.1, 0.15) is 11.4 Å². The molecule has 0 radical (unpaired) electrons. The lowest BCUT2D eigenvalue weighted by atomic mass is 9.99. The van der Waals surface area contributed by atoms with Gasteiger partial charge in [-0.15, -0.1) is 0 Å². The minimum absolute atomic E-state index is 0.136. The van der Waals surface area contributed by atoms with Crippen molar-refractivity contribution in [2.75, 3.05) is 32.1 Å². The number of carbonyl (C=O) groups is 2. The molecule has 1 amide bonds. The van der Waals surface area contributed by atoms with Gasteiger partial charge in [0.05, 0.1) is 25.4 Å². The predicted molar refractivity (Wildman–Crippen MR) is 109 cm³/mol. The van der Waals surface area contributed by atoms with Crippen molar-refractivity contribution in [1.82, 2.24) is 9.88 Å². The van der Waals surface area contributed by atoms with E-state index in [2.05, 4.69) is 22.1 Å². The monoisotopic (exact) mass is 387 g/mol. The first-order chi connectivity index (χ1) is 13.4. The van der Waals surface area contributed by atoms with Crippen LogP contribution in [0.4, 0.5) is 5.69 Å². The first-order valence-corrected chi connectivity index (χ1v) is 9.86. The number of anilines is 1. The van der Waals surface area contributed by atoms with E-state index < -0.39 is 5.97 Å². The van der Waals surface area contributed by atoms with Gasteiger partial charge in [0.25, 0.3) is 0 Å². The topological polar surface area (TPSA) is 83.7 Å². The molecule has 0 saturated carbocycles. The summed E-state index contributed by atoms with van der Waals surface area (Å²) in [5, 5.41) is 3.69. The molecule has 0 spiro atoms. The lowest BCUT2D eigenvalue weighted by Crippen LogP contribution is -2.46. The zero-order chi connectivity index (χ0) is 20.3. The van der Waals surface area contributed by atoms with E-state index in [1.165, 1.54) is 6.42 Å². The predicted octanol–water partition coefficient (Wildman–Crippen LogP) is 3.41. The average Bonchev–Trinajstić information content (AvgIpc) is 3.05. The minimum atomic E-state index is -0.493. The summed E-state index contributed by atoms with van der Waals surface area (Å²) in [7, 11) is 1.58. The summed E-state index contributed by atoms with van der Waals surface area (Å²) < 4.78 is 10.5. The molecule has 3 rings (SSSR count). The first-order valence-electron chi connectivity index (χ1n) is 9.86. The lowest BCUT2D eigenvalue weighted by Gasteiger charge is -2.34. The maximum absolute atomic E-state index is 13.0. The molecule has 0 aliphatic carbocycles. The second-order valence-corrected chi connectivity index (χ2v) is 7.41. The van der Waals surface area contributed by atoms with E-state index >= 15 is 0 Å². The van der Waals surface area contributed by atoms with Crippen LogP contribution in [0.2, 0.25) is 0 Å². The molecular weight excluding hydrogens is 358 g/mol. The zero-order valence-corrected chi connectivity index (χ0v) is 17.0. The molecule has 0 unspecified atom stereocenters. The number of carbonyl (C=O) groups excluding carboxylic acids is 2. The third-order valence-corrected chi connectivity index (χ3v) is 5.35. The number of hydrogen-bond donors (Lipinski definition) is 2. The standard InChI is InChI=1S/C21H29N3O4/c1-5-28-21(26)19-18(16-11-15(27-4)8-9-17(16)22-19)23-20(25)14(3)24-10-6-7-13(2)12-24/h8-9,11,13-14,22H,5-7,10,12H2,1-4H3,(H,23,25)/t13-,14-/m0/s1. The summed E-state index contributed by atoms with van der Waals surface area (Å²) in [6, 6.07) is 5.14. The van der Waals surface area contributed by atoms with Gasteiger partial charge < -0.3 is 19.8 Å². The Kier molecular flexibility index (Phi) is 6.24. The second-order valence-electron chi connectivity index (χ2n) is 7.41. The van der Waals surface area contributed by atoms with Crippen molar-refractivity contribution in [3.63, 3.8) is 0 Å². The van der Waals surface area contributed by atoms with Crippen LogP contribution in [0.25, 0.3) is 10.9 Å². The number of H-pyrrole nitrogens is 1. The zero-order valence-electron chi connectivity index (χ0n) is 17.0. The van der Waals surface area contributed by atoms with Crippen LogP contribution in [-0.2, 0) is 9.53 Å². The summed E-state index contributed by atoms with van der Waals surface area (Å²) in [6.45, 7) is 7.94. The number of hydrogen-bond acceptors (Lipinski definition) is 5. The number of ether oxygens (including phenoxy) is 2. The Morgan fingerprint density at radius 1 is 1.39 bits per heavy atom. The van der Waals surface area contributed by atoms with E-state index in [1.54, 1.807) is 26.2 Å². The van der Waals surface area contributed by atoms with Crippen LogP contribution in [0, 0.1) is 5.92 Å². The van der Waals surface area contributed by atoms with Gasteiger partial charge in [-0.1, -0.05) is 6.92 Å². The summed E-state index contributed by atoms with van der Waals surface area (Å²) in [5.74, 6) is 0.599. The first kappa shape index (κ1) is 20.2. The van der Waals surface area contributed by atoms with Crippen molar-refractivity contribution in [1.29, 1.82) is 0 Å². The molecule has 7 nitrogen and oxygen atoms in total. The van der Waals surface area contributed by atoms with E-state index in [0.717, 1.165) is 30.4 Å². The fourth-order valence-electron chi connectivity index (χ4n) is 3.76. The van der Waals surface area contributed by atoms with Crippen LogP contribution in [0.1, 0.15) is 44.1 Å². The van der Waals surface area contributed by atoms with E-state index in [4.69, 9.17) is 9.47 Å². The number of benzene rings is 1. The van der Waals surface area contributed by atoms with Crippen molar-refractivity contribution in [2.24, 2.45) is 5.92 Å². The number of piperidine rings is 1. The molecule has 1 aromatic carbocycles. The summed E-state index contributed by atoms with van der Waals surface area (Å²) in [5.41, 5.74) is 1.42. The maximum atomic E-state index is 13.0. The van der Waals surface area contributed by atoms with Gasteiger partial charge in [0, 0.05) is 17.4 Å². The SMILES string of the molecule is CCOC(=O)c1[nH]c2ccc(OC)cc2c1NC(=O)[C@H](C)N1CCC[C@H](C)C1. The molecule has 2 N–H and O–H groups in total. The number of rotatable bonds is 6. The molecule has 2 heterocycles. The normalized spacial score (nSPS) is 18.6. The smallest absolute Gasteiger partial charge is 0.356 e. The van der Waals surface area contributed by atoms with Crippen LogP contribution < -0.4 is 10.1 Å². The highest BCUT2D eigenvalue weighted by atomic mass is 16.5. The third-order valence-electron chi connectivity index (χ3n) is 5.35. The Morgan fingerprint density at radius 2 is 2.18 bits per heavy atom. The molecule has 2 aromatic rings. The molecule has 1 saturated heterocycles. The Morgan fingerprint density at radius 3 is 2.86 bits per heavy atom. The highest BCUT2D eigenvalue weighted by Crippen LogP contribution is 2.32. The average molecular weight is 387 g/mol. The van der Waals surface area contributed by atoms with Crippen LogP contribution in [-0.4, -0.2) is 54.6 Å². The molecule has 1 aliphatic heterocycles. The summed E-state index contributed by atoms with van der Waals surface area (Å²) in [6.07, 6.45) is 2.29. The molecule has 1 aromatic heterocycles. The van der Waals surface area contributed by atoms with Crippen LogP contribution >= 0.6 is 0 Å². The minimum Gasteiger partial charge on any atom is -0.497 e. The fourth-order valence-corrected chi connectivity index (χ4v) is 3.76. The van der Waals surface area contributed by atoms with Gasteiger partial charge in [-0.05, 0) is 57.4 Å². The largest absolute Gasteiger partial charge is 0.497 e.